The Kier molecular flexibility index (Phi) is 4.63. The molecule has 0 fully saturated rings. The van der Waals surface area contributed by atoms with E-state index in [0.29, 0.717) is 6.42 Å². The summed E-state index contributed by atoms with van der Waals surface area (Å²) < 4.78 is 6.39. The minimum atomic E-state index is -0.693. The minimum Gasteiger partial charge on any atom is -0.465 e. The molecule has 0 spiro atoms. The van der Waals surface area contributed by atoms with Crippen molar-refractivity contribution in [2.45, 2.75) is 12.5 Å². The molecule has 1 atom stereocenters. The average Bonchev–Trinajstić information content (AvgIpc) is 3.34. The number of esters is 1. The van der Waals surface area contributed by atoms with E-state index in [0.717, 1.165) is 16.5 Å². The Labute approximate surface area is 165 Å². The van der Waals surface area contributed by atoms with Crippen molar-refractivity contribution in [3.63, 3.8) is 0 Å². The molecular formula is C20H19N5O4. The molecule has 2 aromatic rings. The molecule has 1 aromatic carbocycles. The Morgan fingerprint density at radius 3 is 2.83 bits per heavy atom. The number of methoxy groups -OCH3 is 1. The average molecular weight is 393 g/mol. The molecule has 9 heteroatoms. The van der Waals surface area contributed by atoms with Crippen LogP contribution in [0.5, 0.6) is 0 Å². The zero-order chi connectivity index (χ0) is 20.5. The number of H-pyrrole nitrogens is 2. The fourth-order valence-electron chi connectivity index (χ4n) is 3.50. The first-order valence-electron chi connectivity index (χ1n) is 8.98. The Morgan fingerprint density at radius 1 is 1.28 bits per heavy atom. The van der Waals surface area contributed by atoms with Gasteiger partial charge in [-0.25, -0.2) is 9.89 Å². The second kappa shape index (κ2) is 7.27. The largest absolute Gasteiger partial charge is 0.465 e. The number of likely N-dealkylation sites (N-methyl/N-ethyl adjacent to an activating group) is 1. The molecule has 1 aromatic heterocycles. The lowest BCUT2D eigenvalue weighted by Crippen LogP contribution is -2.32. The van der Waals surface area contributed by atoms with Crippen LogP contribution in [-0.2, 0) is 16.0 Å². The number of nitrogens with zero attached hydrogens (tertiary/aromatic N) is 2. The number of benzene rings is 1. The van der Waals surface area contributed by atoms with Crippen LogP contribution in [0.1, 0.15) is 22.0 Å². The van der Waals surface area contributed by atoms with Gasteiger partial charge in [0.15, 0.2) is 0 Å². The number of hydrogen-bond acceptors (Lipinski definition) is 5. The van der Waals surface area contributed by atoms with Crippen molar-refractivity contribution in [2.75, 3.05) is 14.2 Å². The van der Waals surface area contributed by atoms with Crippen molar-refractivity contribution >= 4 is 22.8 Å². The molecule has 0 bridgehead atoms. The molecule has 2 aliphatic heterocycles. The summed E-state index contributed by atoms with van der Waals surface area (Å²) in [7, 11) is 2.79. The van der Waals surface area contributed by atoms with Crippen LogP contribution in [0.4, 0.5) is 0 Å². The van der Waals surface area contributed by atoms with Crippen molar-refractivity contribution in [3.8, 4) is 11.3 Å². The zero-order valence-electron chi connectivity index (χ0n) is 15.9. The van der Waals surface area contributed by atoms with Crippen molar-refractivity contribution in [2.24, 2.45) is 0 Å². The summed E-state index contributed by atoms with van der Waals surface area (Å²) in [6.07, 6.45) is 5.23. The third kappa shape index (κ3) is 3.16. The van der Waals surface area contributed by atoms with Gasteiger partial charge < -0.3 is 19.6 Å². The second-order valence-corrected chi connectivity index (χ2v) is 6.62. The van der Waals surface area contributed by atoms with Gasteiger partial charge in [-0.05, 0) is 11.6 Å². The summed E-state index contributed by atoms with van der Waals surface area (Å²) in [5.74, 6) is -0.898. The van der Waals surface area contributed by atoms with Gasteiger partial charge in [0.1, 0.15) is 17.3 Å². The number of para-hydroxylation sites is 1. The number of amides is 1. The van der Waals surface area contributed by atoms with Crippen LogP contribution in [0.25, 0.3) is 22.2 Å². The number of fused-ring (bicyclic) bond motifs is 2. The first-order valence-corrected chi connectivity index (χ1v) is 8.98. The lowest BCUT2D eigenvalue weighted by molar-refractivity contribution is -0.123. The highest BCUT2D eigenvalue weighted by molar-refractivity contribution is 5.96. The maximum atomic E-state index is 12.7. The highest BCUT2D eigenvalue weighted by Gasteiger charge is 2.27. The van der Waals surface area contributed by atoms with Crippen LogP contribution in [-0.4, -0.2) is 45.8 Å². The fraction of sp³-hybridized carbons (Fsp3) is 0.200. The second-order valence-electron chi connectivity index (χ2n) is 6.62. The summed E-state index contributed by atoms with van der Waals surface area (Å²) in [5.41, 5.74) is 1.99. The molecule has 3 heterocycles. The SMILES string of the molecule is CNC(=O)[C@@H](Cc1c[nH]c2ccccc12)n1cc(C(=O)OC)c2n[nH]c(=O)c-2c1. The molecule has 0 radical (unpaired) electrons. The Bertz CT molecular complexity index is 1240. The van der Waals surface area contributed by atoms with Gasteiger partial charge in [0, 0.05) is 43.0 Å². The number of pyridine rings is 1. The van der Waals surface area contributed by atoms with Crippen molar-refractivity contribution < 1.29 is 14.3 Å². The van der Waals surface area contributed by atoms with E-state index in [1.807, 2.05) is 30.5 Å². The van der Waals surface area contributed by atoms with Gasteiger partial charge in [-0.15, -0.1) is 0 Å². The lowest BCUT2D eigenvalue weighted by Gasteiger charge is -2.21. The first-order chi connectivity index (χ1) is 14.0. The Balaban J connectivity index is 1.85. The molecular weight excluding hydrogens is 374 g/mol. The molecule has 0 unspecified atom stereocenters. The number of ether oxygens (including phenoxy) is 1. The van der Waals surface area contributed by atoms with Crippen LogP contribution in [0.2, 0.25) is 0 Å². The smallest absolute Gasteiger partial charge is 0.341 e. The molecule has 0 saturated carbocycles. The molecule has 0 saturated heterocycles. The van der Waals surface area contributed by atoms with E-state index in [2.05, 4.69) is 20.5 Å². The van der Waals surface area contributed by atoms with Gasteiger partial charge in [-0.2, -0.15) is 5.10 Å². The van der Waals surface area contributed by atoms with E-state index in [1.165, 1.54) is 19.5 Å². The fourth-order valence-corrected chi connectivity index (χ4v) is 3.50. The maximum absolute atomic E-state index is 12.7. The molecule has 29 heavy (non-hydrogen) atoms. The normalized spacial score (nSPS) is 12.2. The first kappa shape index (κ1) is 18.5. The van der Waals surface area contributed by atoms with Crippen LogP contribution in [0.3, 0.4) is 0 Å². The highest BCUT2D eigenvalue weighted by Crippen LogP contribution is 2.27. The Morgan fingerprint density at radius 2 is 2.07 bits per heavy atom. The van der Waals surface area contributed by atoms with Gasteiger partial charge >= 0.3 is 5.97 Å². The number of nitrogens with one attached hydrogen (secondary N) is 3. The number of aromatic nitrogens is 4. The van der Waals surface area contributed by atoms with Crippen molar-refractivity contribution in [3.05, 3.63) is 64.3 Å². The minimum absolute atomic E-state index is 0.108. The van der Waals surface area contributed by atoms with Crippen LogP contribution >= 0.6 is 0 Å². The van der Waals surface area contributed by atoms with Crippen molar-refractivity contribution in [1.29, 1.82) is 0 Å². The predicted molar refractivity (Wildman–Crippen MR) is 106 cm³/mol. The number of rotatable bonds is 5. The van der Waals surface area contributed by atoms with E-state index in [-0.39, 0.29) is 22.7 Å². The van der Waals surface area contributed by atoms with E-state index in [9.17, 15) is 14.4 Å². The summed E-state index contributed by atoms with van der Waals surface area (Å²) in [5, 5.41) is 9.91. The summed E-state index contributed by atoms with van der Waals surface area (Å²) in [4.78, 5) is 40.3. The van der Waals surface area contributed by atoms with E-state index >= 15 is 0 Å². The predicted octanol–water partition coefficient (Wildman–Crippen LogP) is 1.47. The van der Waals surface area contributed by atoms with Crippen LogP contribution in [0.15, 0.2) is 47.7 Å². The number of hydrogen-bond donors (Lipinski definition) is 3. The van der Waals surface area contributed by atoms with Crippen molar-refractivity contribution in [1.82, 2.24) is 25.1 Å². The topological polar surface area (TPSA) is 122 Å². The molecule has 3 N–H and O–H groups in total. The van der Waals surface area contributed by atoms with Gasteiger partial charge in [0.25, 0.3) is 5.56 Å². The third-order valence-corrected chi connectivity index (χ3v) is 4.98. The number of carbonyl (C=O) groups is 2. The third-order valence-electron chi connectivity index (χ3n) is 4.98. The Hall–Kier alpha value is -3.88. The number of aromatic amines is 2. The summed E-state index contributed by atoms with van der Waals surface area (Å²) in [6.45, 7) is 0. The molecule has 0 aliphatic carbocycles. The zero-order valence-corrected chi connectivity index (χ0v) is 15.9. The summed E-state index contributed by atoms with van der Waals surface area (Å²) in [6, 6.07) is 7.09. The van der Waals surface area contributed by atoms with E-state index in [4.69, 9.17) is 4.74 Å². The number of carbonyl (C=O) groups excluding carboxylic acids is 2. The molecule has 1 amide bonds. The monoisotopic (exact) mass is 393 g/mol. The van der Waals surface area contributed by atoms with Crippen LogP contribution in [0, 0.1) is 0 Å². The van der Waals surface area contributed by atoms with Crippen LogP contribution < -0.4 is 10.9 Å². The van der Waals surface area contributed by atoms with Gasteiger partial charge in [0.05, 0.1) is 12.7 Å². The van der Waals surface area contributed by atoms with E-state index in [1.54, 1.807) is 11.6 Å². The van der Waals surface area contributed by atoms with E-state index < -0.39 is 17.6 Å². The molecule has 4 rings (SSSR count). The highest BCUT2D eigenvalue weighted by atomic mass is 16.5. The van der Waals surface area contributed by atoms with Gasteiger partial charge in [-0.3, -0.25) is 9.59 Å². The maximum Gasteiger partial charge on any atom is 0.341 e. The summed E-state index contributed by atoms with van der Waals surface area (Å²) >= 11 is 0. The quantitative estimate of drug-likeness (QED) is 0.443. The standard InChI is InChI=1S/C20H19N5O4/c1-21-19(27)16(7-11-8-22-15-6-4-3-5-12(11)15)25-9-13-17(23-24-18(13)26)14(10-25)20(28)29-2/h3-6,8-10,16,22H,7H2,1-2H3,(H,21,27)(H,24,26)/t16-/m1/s1. The van der Waals surface area contributed by atoms with Gasteiger partial charge in [0.2, 0.25) is 5.91 Å². The lowest BCUT2D eigenvalue weighted by atomic mass is 10.0. The molecule has 2 aliphatic rings. The van der Waals surface area contributed by atoms with Gasteiger partial charge in [-0.1, -0.05) is 18.2 Å². The molecule has 148 valence electrons. The molecule has 9 nitrogen and oxygen atoms in total.